The van der Waals surface area contributed by atoms with E-state index in [0.717, 1.165) is 18.3 Å². The molecule has 0 rings (SSSR count). The number of methoxy groups -OCH3 is 1. The molecule has 0 aliphatic carbocycles. The van der Waals surface area contributed by atoms with Crippen LogP contribution in [0.25, 0.3) is 0 Å². The van der Waals surface area contributed by atoms with Crippen LogP contribution >= 0.6 is 0 Å². The van der Waals surface area contributed by atoms with Crippen molar-refractivity contribution in [3.63, 3.8) is 0 Å². The molecule has 0 radical (unpaired) electrons. The summed E-state index contributed by atoms with van der Waals surface area (Å²) in [6.07, 6.45) is 3.48. The van der Waals surface area contributed by atoms with Crippen LogP contribution in [0.1, 0.15) is 27.2 Å². The highest BCUT2D eigenvalue weighted by Gasteiger charge is 2.12. The average Bonchev–Trinajstić information content (AvgIpc) is 2.00. The fraction of sp³-hybridized carbons (Fsp3) is 0.667. The first-order valence-corrected chi connectivity index (χ1v) is 3.77. The van der Waals surface area contributed by atoms with Crippen LogP contribution < -0.4 is 0 Å². The molecular weight excluding hydrogens is 140 g/mol. The summed E-state index contributed by atoms with van der Waals surface area (Å²) in [6.45, 7) is 5.80. The van der Waals surface area contributed by atoms with Crippen LogP contribution in [0.5, 0.6) is 0 Å². The third kappa shape index (κ3) is 3.94. The number of rotatable bonds is 4. The van der Waals surface area contributed by atoms with Gasteiger partial charge in [0.05, 0.1) is 5.60 Å². The van der Waals surface area contributed by atoms with Crippen LogP contribution in [0.15, 0.2) is 11.6 Å². The summed E-state index contributed by atoms with van der Waals surface area (Å²) in [5, 5.41) is 0. The monoisotopic (exact) mass is 156 g/mol. The SMILES string of the molecule is CC/C(C=O)=C/C(C)(C)OC. The molecule has 0 spiro atoms. The molecule has 0 amide bonds. The molecule has 2 nitrogen and oxygen atoms in total. The molecule has 2 heteroatoms. The lowest BCUT2D eigenvalue weighted by Crippen LogP contribution is -2.19. The quantitative estimate of drug-likeness (QED) is 0.459. The maximum atomic E-state index is 10.4. The molecule has 0 unspecified atom stereocenters. The summed E-state index contributed by atoms with van der Waals surface area (Å²) in [5.41, 5.74) is 0.462. The predicted molar refractivity (Wildman–Crippen MR) is 45.5 cm³/mol. The Kier molecular flexibility index (Phi) is 4.04. The second-order valence-corrected chi connectivity index (χ2v) is 3.00. The van der Waals surface area contributed by atoms with Gasteiger partial charge in [-0.2, -0.15) is 0 Å². The Morgan fingerprint density at radius 3 is 2.36 bits per heavy atom. The van der Waals surface area contributed by atoms with E-state index in [0.29, 0.717) is 0 Å². The predicted octanol–water partition coefficient (Wildman–Crippen LogP) is 1.95. The lowest BCUT2D eigenvalue weighted by molar-refractivity contribution is -0.105. The highest BCUT2D eigenvalue weighted by molar-refractivity contribution is 5.73. The zero-order chi connectivity index (χ0) is 8.91. The number of hydrogen-bond donors (Lipinski definition) is 0. The van der Waals surface area contributed by atoms with Crippen molar-refractivity contribution in [1.82, 2.24) is 0 Å². The van der Waals surface area contributed by atoms with Crippen LogP contribution in [-0.4, -0.2) is 19.0 Å². The molecule has 0 saturated carbocycles. The number of ether oxygens (including phenoxy) is 1. The number of aldehydes is 1. The molecule has 0 aromatic heterocycles. The highest BCUT2D eigenvalue weighted by atomic mass is 16.5. The molecule has 0 fully saturated rings. The van der Waals surface area contributed by atoms with E-state index in [4.69, 9.17) is 4.74 Å². The normalized spacial score (nSPS) is 13.3. The third-order valence-electron chi connectivity index (χ3n) is 1.62. The topological polar surface area (TPSA) is 26.3 Å². The fourth-order valence-corrected chi connectivity index (χ4v) is 0.725. The van der Waals surface area contributed by atoms with Crippen LogP contribution in [0.4, 0.5) is 0 Å². The molecule has 0 bridgehead atoms. The van der Waals surface area contributed by atoms with Gasteiger partial charge in [-0.25, -0.2) is 0 Å². The summed E-state index contributed by atoms with van der Waals surface area (Å²) in [5.74, 6) is 0. The first-order chi connectivity index (χ1) is 5.05. The number of hydrogen-bond acceptors (Lipinski definition) is 2. The lowest BCUT2D eigenvalue weighted by atomic mass is 10.0. The fourth-order valence-electron chi connectivity index (χ4n) is 0.725. The summed E-state index contributed by atoms with van der Waals surface area (Å²) in [4.78, 5) is 10.4. The highest BCUT2D eigenvalue weighted by Crippen LogP contribution is 2.12. The van der Waals surface area contributed by atoms with Crippen molar-refractivity contribution >= 4 is 6.29 Å². The first-order valence-electron chi connectivity index (χ1n) is 3.77. The second kappa shape index (κ2) is 4.29. The smallest absolute Gasteiger partial charge is 0.145 e. The van der Waals surface area contributed by atoms with E-state index >= 15 is 0 Å². The van der Waals surface area contributed by atoms with Gasteiger partial charge < -0.3 is 4.74 Å². The van der Waals surface area contributed by atoms with Crippen molar-refractivity contribution in [3.05, 3.63) is 11.6 Å². The summed E-state index contributed by atoms with van der Waals surface area (Å²) in [7, 11) is 1.63. The van der Waals surface area contributed by atoms with Gasteiger partial charge in [0.25, 0.3) is 0 Å². The van der Waals surface area contributed by atoms with Gasteiger partial charge in [0.2, 0.25) is 0 Å². The lowest BCUT2D eigenvalue weighted by Gasteiger charge is -2.18. The van der Waals surface area contributed by atoms with Gasteiger partial charge in [-0.1, -0.05) is 6.92 Å². The van der Waals surface area contributed by atoms with Crippen LogP contribution in [0.2, 0.25) is 0 Å². The Labute approximate surface area is 68.2 Å². The second-order valence-electron chi connectivity index (χ2n) is 3.00. The van der Waals surface area contributed by atoms with E-state index in [1.165, 1.54) is 0 Å². The molecule has 0 atom stereocenters. The van der Waals surface area contributed by atoms with E-state index in [2.05, 4.69) is 0 Å². The van der Waals surface area contributed by atoms with Gasteiger partial charge in [-0.3, -0.25) is 4.79 Å². The van der Waals surface area contributed by atoms with E-state index < -0.39 is 0 Å². The van der Waals surface area contributed by atoms with Crippen LogP contribution in [0, 0.1) is 0 Å². The van der Waals surface area contributed by atoms with Crippen molar-refractivity contribution in [2.24, 2.45) is 0 Å². The minimum absolute atomic E-state index is 0.327. The van der Waals surface area contributed by atoms with Crippen molar-refractivity contribution in [2.75, 3.05) is 7.11 Å². The van der Waals surface area contributed by atoms with Gasteiger partial charge in [0.15, 0.2) is 0 Å². The Hall–Kier alpha value is -0.630. The zero-order valence-corrected chi connectivity index (χ0v) is 7.68. The van der Waals surface area contributed by atoms with E-state index in [1.54, 1.807) is 7.11 Å². The molecular formula is C9H16O2. The Morgan fingerprint density at radius 1 is 1.55 bits per heavy atom. The Morgan fingerprint density at radius 2 is 2.09 bits per heavy atom. The minimum atomic E-state index is -0.327. The van der Waals surface area contributed by atoms with Crippen molar-refractivity contribution in [1.29, 1.82) is 0 Å². The van der Waals surface area contributed by atoms with Gasteiger partial charge in [0.1, 0.15) is 6.29 Å². The van der Waals surface area contributed by atoms with Gasteiger partial charge in [-0.05, 0) is 31.9 Å². The minimum Gasteiger partial charge on any atom is -0.375 e. The van der Waals surface area contributed by atoms with Gasteiger partial charge in [0, 0.05) is 7.11 Å². The number of carbonyl (C=O) groups excluding carboxylic acids is 1. The third-order valence-corrected chi connectivity index (χ3v) is 1.62. The maximum absolute atomic E-state index is 10.4. The Balaban J connectivity index is 4.36. The summed E-state index contributed by atoms with van der Waals surface area (Å²) < 4.78 is 5.14. The molecule has 0 aliphatic heterocycles. The summed E-state index contributed by atoms with van der Waals surface area (Å²) in [6, 6.07) is 0. The first kappa shape index (κ1) is 10.4. The van der Waals surface area contributed by atoms with Crippen molar-refractivity contribution < 1.29 is 9.53 Å². The molecule has 0 N–H and O–H groups in total. The summed E-state index contributed by atoms with van der Waals surface area (Å²) >= 11 is 0. The molecule has 0 aliphatic rings. The molecule has 0 heterocycles. The van der Waals surface area contributed by atoms with Crippen LogP contribution in [-0.2, 0) is 9.53 Å². The van der Waals surface area contributed by atoms with E-state index in [9.17, 15) is 4.79 Å². The average molecular weight is 156 g/mol. The largest absolute Gasteiger partial charge is 0.375 e. The Bertz CT molecular complexity index is 157. The van der Waals surface area contributed by atoms with Gasteiger partial charge >= 0.3 is 0 Å². The zero-order valence-electron chi connectivity index (χ0n) is 7.68. The van der Waals surface area contributed by atoms with Gasteiger partial charge in [-0.15, -0.1) is 0 Å². The molecule has 11 heavy (non-hydrogen) atoms. The molecule has 0 saturated heterocycles. The maximum Gasteiger partial charge on any atom is 0.145 e. The number of allylic oxidation sites excluding steroid dienone is 1. The molecule has 64 valence electrons. The van der Waals surface area contributed by atoms with Crippen molar-refractivity contribution in [3.8, 4) is 0 Å². The molecule has 0 aromatic carbocycles. The standard InChI is InChI=1S/C9H16O2/c1-5-8(7-10)6-9(2,3)11-4/h6-7H,5H2,1-4H3/b8-6-. The molecule has 0 aromatic rings. The number of carbonyl (C=O) groups is 1. The van der Waals surface area contributed by atoms with E-state index in [1.807, 2.05) is 26.8 Å². The van der Waals surface area contributed by atoms with Crippen molar-refractivity contribution in [2.45, 2.75) is 32.8 Å². The van der Waals surface area contributed by atoms with E-state index in [-0.39, 0.29) is 5.60 Å². The van der Waals surface area contributed by atoms with Crippen LogP contribution in [0.3, 0.4) is 0 Å².